The second-order valence-corrected chi connectivity index (χ2v) is 8.63. The van der Waals surface area contributed by atoms with Crippen LogP contribution in [0.4, 0.5) is 0 Å². The second kappa shape index (κ2) is 7.27. The van der Waals surface area contributed by atoms with Gasteiger partial charge in [0.05, 0.1) is 13.2 Å². The summed E-state index contributed by atoms with van der Waals surface area (Å²) in [5.74, 6) is 0.212. The van der Waals surface area contributed by atoms with Crippen LogP contribution in [0, 0.1) is 0 Å². The van der Waals surface area contributed by atoms with E-state index in [4.69, 9.17) is 14.9 Å². The molecule has 9 heteroatoms. The summed E-state index contributed by atoms with van der Waals surface area (Å²) < 4.78 is 30.2. The zero-order chi connectivity index (χ0) is 18.0. The zero-order valence-electron chi connectivity index (χ0n) is 14.3. The number of benzene rings is 1. The zero-order valence-corrected chi connectivity index (χ0v) is 15.9. The van der Waals surface area contributed by atoms with Gasteiger partial charge in [-0.15, -0.1) is 0 Å². The molecule has 1 aliphatic carbocycles. The van der Waals surface area contributed by atoms with E-state index in [2.05, 4.69) is 5.10 Å². The van der Waals surface area contributed by atoms with Gasteiger partial charge in [0.1, 0.15) is 15.7 Å². The number of sulfonamides is 1. The van der Waals surface area contributed by atoms with E-state index >= 15 is 0 Å². The minimum atomic E-state index is -3.83. The molecule has 0 amide bonds. The van der Waals surface area contributed by atoms with Crippen LogP contribution in [-0.4, -0.2) is 31.3 Å². The van der Waals surface area contributed by atoms with Gasteiger partial charge < -0.3 is 4.74 Å². The van der Waals surface area contributed by atoms with Crippen LogP contribution in [0.5, 0.6) is 5.75 Å². The van der Waals surface area contributed by atoms with E-state index < -0.39 is 10.0 Å². The standard InChI is InChI=1S/C16H22N4O3S2/c1-20-16(18-12-6-4-3-5-7-12)24-15(19-20)11-8-9-14(25(17,21)22)13(10-11)23-2/h8-10,12H,3-7H2,1-2H3,(H2,17,21,22). The summed E-state index contributed by atoms with van der Waals surface area (Å²) in [5.41, 5.74) is 0.773. The van der Waals surface area contributed by atoms with Crippen LogP contribution in [0.15, 0.2) is 28.1 Å². The Kier molecular flexibility index (Phi) is 5.26. The van der Waals surface area contributed by atoms with Crippen molar-refractivity contribution in [3.05, 3.63) is 23.0 Å². The summed E-state index contributed by atoms with van der Waals surface area (Å²) in [6.45, 7) is 0. The van der Waals surface area contributed by atoms with Gasteiger partial charge in [-0.05, 0) is 25.0 Å². The summed E-state index contributed by atoms with van der Waals surface area (Å²) >= 11 is 1.49. The van der Waals surface area contributed by atoms with Crippen molar-refractivity contribution in [1.29, 1.82) is 0 Å². The summed E-state index contributed by atoms with van der Waals surface area (Å²) in [6, 6.07) is 5.14. The SMILES string of the molecule is COc1cc(-c2nn(C)c(=NC3CCCCC3)s2)ccc1S(N)(=O)=O. The topological polar surface area (TPSA) is 99.6 Å². The molecule has 1 aromatic heterocycles. The van der Waals surface area contributed by atoms with Gasteiger partial charge in [-0.2, -0.15) is 5.10 Å². The monoisotopic (exact) mass is 382 g/mol. The first kappa shape index (κ1) is 18.1. The van der Waals surface area contributed by atoms with Crippen LogP contribution in [-0.2, 0) is 17.1 Å². The highest BCUT2D eigenvalue weighted by Gasteiger charge is 2.17. The smallest absolute Gasteiger partial charge is 0.241 e. The molecular weight excluding hydrogens is 360 g/mol. The number of methoxy groups -OCH3 is 1. The van der Waals surface area contributed by atoms with E-state index in [0.29, 0.717) is 6.04 Å². The lowest BCUT2D eigenvalue weighted by Gasteiger charge is -2.16. The van der Waals surface area contributed by atoms with Crippen LogP contribution in [0.25, 0.3) is 10.6 Å². The highest BCUT2D eigenvalue weighted by molar-refractivity contribution is 7.89. The fraction of sp³-hybridized carbons (Fsp3) is 0.500. The molecule has 0 aliphatic heterocycles. The third-order valence-electron chi connectivity index (χ3n) is 4.29. The normalized spacial score (nSPS) is 17.0. The number of rotatable bonds is 4. The van der Waals surface area contributed by atoms with E-state index in [0.717, 1.165) is 28.2 Å². The Morgan fingerprint density at radius 1 is 1.32 bits per heavy atom. The Morgan fingerprint density at radius 2 is 2.04 bits per heavy atom. The van der Waals surface area contributed by atoms with Crippen molar-refractivity contribution in [2.75, 3.05) is 7.11 Å². The fourth-order valence-electron chi connectivity index (χ4n) is 2.98. The highest BCUT2D eigenvalue weighted by Crippen LogP contribution is 2.29. The van der Waals surface area contributed by atoms with Crippen molar-refractivity contribution in [2.24, 2.45) is 17.2 Å². The maximum atomic E-state index is 11.6. The number of primary sulfonamides is 1. The van der Waals surface area contributed by atoms with Crippen molar-refractivity contribution in [2.45, 2.75) is 43.0 Å². The van der Waals surface area contributed by atoms with Gasteiger partial charge in [-0.1, -0.05) is 36.7 Å². The third kappa shape index (κ3) is 4.10. The maximum Gasteiger partial charge on any atom is 0.241 e. The third-order valence-corrected chi connectivity index (χ3v) is 6.30. The summed E-state index contributed by atoms with van der Waals surface area (Å²) in [5, 5.41) is 10.5. The van der Waals surface area contributed by atoms with Crippen molar-refractivity contribution in [1.82, 2.24) is 9.78 Å². The lowest BCUT2D eigenvalue weighted by atomic mass is 9.96. The fourth-order valence-corrected chi connectivity index (χ4v) is 4.62. The quantitative estimate of drug-likeness (QED) is 0.874. The summed E-state index contributed by atoms with van der Waals surface area (Å²) in [7, 11) is -0.544. The predicted octanol–water partition coefficient (Wildman–Crippen LogP) is 2.04. The second-order valence-electron chi connectivity index (χ2n) is 6.14. The summed E-state index contributed by atoms with van der Waals surface area (Å²) in [4.78, 5) is 5.67. The predicted molar refractivity (Wildman–Crippen MR) is 96.9 cm³/mol. The van der Waals surface area contributed by atoms with Crippen molar-refractivity contribution in [3.8, 4) is 16.3 Å². The molecule has 0 spiro atoms. The first-order chi connectivity index (χ1) is 11.9. The molecular formula is C16H22N4O3S2. The molecule has 0 unspecified atom stereocenters. The van der Waals surface area contributed by atoms with Crippen LogP contribution in [0.2, 0.25) is 0 Å². The number of hydrogen-bond donors (Lipinski definition) is 1. The first-order valence-corrected chi connectivity index (χ1v) is 10.5. The molecule has 0 atom stereocenters. The number of aryl methyl sites for hydroxylation is 1. The van der Waals surface area contributed by atoms with E-state index in [1.54, 1.807) is 16.8 Å². The molecule has 3 rings (SSSR count). The summed E-state index contributed by atoms with van der Waals surface area (Å²) in [6.07, 6.45) is 6.02. The van der Waals surface area contributed by atoms with Gasteiger partial charge in [-0.3, -0.25) is 4.99 Å². The lowest BCUT2D eigenvalue weighted by molar-refractivity contribution is 0.403. The van der Waals surface area contributed by atoms with Gasteiger partial charge in [-0.25, -0.2) is 18.2 Å². The maximum absolute atomic E-state index is 11.6. The van der Waals surface area contributed by atoms with Crippen molar-refractivity contribution in [3.63, 3.8) is 0 Å². The molecule has 7 nitrogen and oxygen atoms in total. The minimum absolute atomic E-state index is 0.0354. The molecule has 1 saturated carbocycles. The molecule has 0 bridgehead atoms. The number of aromatic nitrogens is 2. The van der Waals surface area contributed by atoms with Crippen LogP contribution in [0.1, 0.15) is 32.1 Å². The van der Waals surface area contributed by atoms with Gasteiger partial charge in [0.25, 0.3) is 0 Å². The number of hydrogen-bond acceptors (Lipinski definition) is 6. The van der Waals surface area contributed by atoms with Gasteiger partial charge in [0.15, 0.2) is 0 Å². The first-order valence-electron chi connectivity index (χ1n) is 8.17. The van der Waals surface area contributed by atoms with E-state index in [1.165, 1.54) is 43.8 Å². The Morgan fingerprint density at radius 3 is 2.68 bits per heavy atom. The van der Waals surface area contributed by atoms with Crippen LogP contribution >= 0.6 is 11.3 Å². The molecule has 25 heavy (non-hydrogen) atoms. The molecule has 136 valence electrons. The van der Waals surface area contributed by atoms with E-state index in [-0.39, 0.29) is 10.6 Å². The average molecular weight is 383 g/mol. The van der Waals surface area contributed by atoms with Gasteiger partial charge in [0.2, 0.25) is 14.8 Å². The number of nitrogens with two attached hydrogens (primary N) is 1. The van der Waals surface area contributed by atoms with Gasteiger partial charge in [0, 0.05) is 12.6 Å². The molecule has 0 radical (unpaired) electrons. The Balaban J connectivity index is 1.97. The molecule has 1 fully saturated rings. The molecule has 2 N–H and O–H groups in total. The Labute approximate surface area is 151 Å². The van der Waals surface area contributed by atoms with E-state index in [9.17, 15) is 8.42 Å². The Hall–Kier alpha value is -1.71. The lowest BCUT2D eigenvalue weighted by Crippen LogP contribution is -2.18. The number of ether oxygens (including phenoxy) is 1. The van der Waals surface area contributed by atoms with Gasteiger partial charge >= 0.3 is 0 Å². The van der Waals surface area contributed by atoms with Crippen molar-refractivity contribution >= 4 is 21.4 Å². The molecule has 1 aliphatic rings. The molecule has 2 aromatic rings. The van der Waals surface area contributed by atoms with Crippen LogP contribution < -0.4 is 14.7 Å². The largest absolute Gasteiger partial charge is 0.495 e. The molecule has 0 saturated heterocycles. The Bertz CT molecular complexity index is 925. The number of nitrogens with zero attached hydrogens (tertiary/aromatic N) is 3. The van der Waals surface area contributed by atoms with Crippen LogP contribution in [0.3, 0.4) is 0 Å². The molecule has 1 aromatic carbocycles. The molecule has 1 heterocycles. The van der Waals surface area contributed by atoms with Crippen molar-refractivity contribution < 1.29 is 13.2 Å². The van der Waals surface area contributed by atoms with E-state index in [1.807, 2.05) is 7.05 Å². The highest BCUT2D eigenvalue weighted by atomic mass is 32.2. The minimum Gasteiger partial charge on any atom is -0.495 e. The average Bonchev–Trinajstić information content (AvgIpc) is 2.95.